The first kappa shape index (κ1) is 18.6. The first-order valence-corrected chi connectivity index (χ1v) is 7.33. The summed E-state index contributed by atoms with van der Waals surface area (Å²) >= 11 is 3.33. The smallest absolute Gasteiger partial charge is 0.261 e. The van der Waals surface area contributed by atoms with Crippen LogP contribution in [0.1, 0.15) is 6.92 Å². The molecule has 0 spiro atoms. The van der Waals surface area contributed by atoms with E-state index in [2.05, 4.69) is 20.9 Å². The van der Waals surface area contributed by atoms with Crippen LogP contribution in [0.4, 0.5) is 0 Å². The highest BCUT2D eigenvalue weighted by Gasteiger charge is 2.16. The van der Waals surface area contributed by atoms with Gasteiger partial charge in [-0.2, -0.15) is 0 Å². The average Bonchev–Trinajstić information content (AvgIpc) is 2.48. The van der Waals surface area contributed by atoms with Gasteiger partial charge in [0.1, 0.15) is 6.54 Å². The molecule has 1 unspecified atom stereocenters. The van der Waals surface area contributed by atoms with Gasteiger partial charge < -0.3 is 10.6 Å². The van der Waals surface area contributed by atoms with Crippen LogP contribution in [0.2, 0.25) is 0 Å². The Labute approximate surface area is 142 Å². The van der Waals surface area contributed by atoms with Gasteiger partial charge in [0.2, 0.25) is 5.91 Å². The minimum atomic E-state index is -0.233. The molecule has 6 nitrogen and oxygen atoms in total. The van der Waals surface area contributed by atoms with E-state index < -0.39 is 0 Å². The monoisotopic (exact) mass is 388 g/mol. The fourth-order valence-electron chi connectivity index (χ4n) is 1.90. The molecular formula is C14H18BrClN4O2. The van der Waals surface area contributed by atoms with Gasteiger partial charge in [-0.1, -0.05) is 15.9 Å². The number of fused-ring (bicyclic) bond motifs is 1. The minimum Gasteiger partial charge on any atom is -0.340 e. The molecule has 1 aromatic heterocycles. The lowest BCUT2D eigenvalue weighted by Gasteiger charge is -2.23. The molecule has 0 aliphatic heterocycles. The molecule has 8 heteroatoms. The zero-order valence-electron chi connectivity index (χ0n) is 12.3. The SMILES string of the molecule is CC(CN)N(C)C(=O)Cn1cnc2ccc(Br)cc2c1=O.Cl. The fourth-order valence-corrected chi connectivity index (χ4v) is 2.27. The van der Waals surface area contributed by atoms with Gasteiger partial charge in [-0.3, -0.25) is 14.2 Å². The normalized spacial score (nSPS) is 11.8. The quantitative estimate of drug-likeness (QED) is 0.857. The highest BCUT2D eigenvalue weighted by atomic mass is 79.9. The van der Waals surface area contributed by atoms with Gasteiger partial charge >= 0.3 is 0 Å². The highest BCUT2D eigenvalue weighted by Crippen LogP contribution is 2.14. The van der Waals surface area contributed by atoms with Crippen LogP contribution < -0.4 is 11.3 Å². The maximum atomic E-state index is 12.4. The lowest BCUT2D eigenvalue weighted by molar-refractivity contribution is -0.132. The van der Waals surface area contributed by atoms with Crippen LogP contribution in [0.5, 0.6) is 0 Å². The molecule has 2 aromatic rings. The third kappa shape index (κ3) is 3.85. The van der Waals surface area contributed by atoms with Crippen LogP contribution in [0.15, 0.2) is 33.8 Å². The zero-order valence-corrected chi connectivity index (χ0v) is 14.7. The number of halogens is 2. The molecule has 0 fully saturated rings. The lowest BCUT2D eigenvalue weighted by atomic mass is 10.2. The van der Waals surface area contributed by atoms with Crippen molar-refractivity contribution in [3.05, 3.63) is 39.4 Å². The number of likely N-dealkylation sites (N-methyl/N-ethyl adjacent to an activating group) is 1. The van der Waals surface area contributed by atoms with Crippen molar-refractivity contribution < 1.29 is 4.79 Å². The highest BCUT2D eigenvalue weighted by molar-refractivity contribution is 9.10. The summed E-state index contributed by atoms with van der Waals surface area (Å²) < 4.78 is 2.11. The van der Waals surface area contributed by atoms with Gasteiger partial charge in [-0.15, -0.1) is 12.4 Å². The Balaban J connectivity index is 0.00000242. The van der Waals surface area contributed by atoms with Crippen molar-refractivity contribution in [3.63, 3.8) is 0 Å². The number of rotatable bonds is 4. The lowest BCUT2D eigenvalue weighted by Crippen LogP contribution is -2.42. The number of carbonyl (C=O) groups is 1. The maximum Gasteiger partial charge on any atom is 0.261 e. The van der Waals surface area contributed by atoms with Crippen LogP contribution in [0, 0.1) is 0 Å². The van der Waals surface area contributed by atoms with Crippen LogP contribution in [0.25, 0.3) is 10.9 Å². The van der Waals surface area contributed by atoms with Crippen molar-refractivity contribution in [3.8, 4) is 0 Å². The molecule has 1 heterocycles. The van der Waals surface area contributed by atoms with Crippen molar-refractivity contribution in [1.29, 1.82) is 0 Å². The summed E-state index contributed by atoms with van der Waals surface area (Å²) in [5.74, 6) is -0.175. The molecule has 120 valence electrons. The molecular weight excluding hydrogens is 372 g/mol. The molecule has 22 heavy (non-hydrogen) atoms. The number of benzene rings is 1. The summed E-state index contributed by atoms with van der Waals surface area (Å²) in [6, 6.07) is 5.21. The van der Waals surface area contributed by atoms with Gasteiger partial charge in [0.25, 0.3) is 5.56 Å². The van der Waals surface area contributed by atoms with E-state index in [-0.39, 0.29) is 36.5 Å². The molecule has 0 radical (unpaired) electrons. The van der Waals surface area contributed by atoms with Gasteiger partial charge in [0.15, 0.2) is 0 Å². The first-order chi connectivity index (χ1) is 9.93. The number of amides is 1. The van der Waals surface area contributed by atoms with E-state index in [0.717, 1.165) is 4.47 Å². The third-order valence-corrected chi connectivity index (χ3v) is 3.98. The molecule has 2 N–H and O–H groups in total. The van der Waals surface area contributed by atoms with Crippen molar-refractivity contribution in [2.24, 2.45) is 5.73 Å². The largest absolute Gasteiger partial charge is 0.340 e. The molecule has 1 amide bonds. The van der Waals surface area contributed by atoms with E-state index in [1.165, 1.54) is 15.8 Å². The zero-order chi connectivity index (χ0) is 15.6. The van der Waals surface area contributed by atoms with Gasteiger partial charge in [0, 0.05) is 24.1 Å². The van der Waals surface area contributed by atoms with Crippen LogP contribution in [0.3, 0.4) is 0 Å². The summed E-state index contributed by atoms with van der Waals surface area (Å²) in [4.78, 5) is 30.3. The Kier molecular flexibility index (Phi) is 6.52. The maximum absolute atomic E-state index is 12.4. The molecule has 1 atom stereocenters. The van der Waals surface area contributed by atoms with Crippen LogP contribution in [-0.2, 0) is 11.3 Å². The summed E-state index contributed by atoms with van der Waals surface area (Å²) in [5, 5.41) is 0.481. The average molecular weight is 390 g/mol. The molecule has 2 rings (SSSR count). The third-order valence-electron chi connectivity index (χ3n) is 3.49. The van der Waals surface area contributed by atoms with Gasteiger partial charge in [0.05, 0.1) is 17.2 Å². The Bertz CT molecular complexity index is 734. The van der Waals surface area contributed by atoms with Crippen LogP contribution in [-0.4, -0.2) is 40.0 Å². The Hall–Kier alpha value is -1.44. The summed E-state index contributed by atoms with van der Waals surface area (Å²) in [6.07, 6.45) is 1.40. The predicted molar refractivity (Wildman–Crippen MR) is 92.2 cm³/mol. The van der Waals surface area contributed by atoms with Crippen molar-refractivity contribution in [2.45, 2.75) is 19.5 Å². The van der Waals surface area contributed by atoms with E-state index in [1.807, 2.05) is 13.0 Å². The number of hydrogen-bond acceptors (Lipinski definition) is 4. The predicted octanol–water partition coefficient (Wildman–Crippen LogP) is 1.39. The topological polar surface area (TPSA) is 81.2 Å². The number of nitrogens with two attached hydrogens (primary N) is 1. The summed E-state index contributed by atoms with van der Waals surface area (Å²) in [6.45, 7) is 2.19. The van der Waals surface area contributed by atoms with Gasteiger partial charge in [-0.05, 0) is 25.1 Å². The number of aromatic nitrogens is 2. The van der Waals surface area contributed by atoms with E-state index in [0.29, 0.717) is 17.4 Å². The molecule has 0 saturated heterocycles. The first-order valence-electron chi connectivity index (χ1n) is 6.54. The fraction of sp³-hybridized carbons (Fsp3) is 0.357. The van der Waals surface area contributed by atoms with Crippen molar-refractivity contribution >= 4 is 45.1 Å². The van der Waals surface area contributed by atoms with Crippen molar-refractivity contribution in [2.75, 3.05) is 13.6 Å². The van der Waals surface area contributed by atoms with E-state index in [1.54, 1.807) is 19.2 Å². The Morgan fingerprint density at radius 2 is 2.18 bits per heavy atom. The standard InChI is InChI=1S/C14H17BrN4O2.ClH/c1-9(6-16)18(2)13(20)7-19-8-17-12-4-3-10(15)5-11(12)14(19)21;/h3-5,8-9H,6-7,16H2,1-2H3;1H. The Morgan fingerprint density at radius 3 is 2.82 bits per heavy atom. The van der Waals surface area contributed by atoms with E-state index in [9.17, 15) is 9.59 Å². The van der Waals surface area contributed by atoms with Gasteiger partial charge in [-0.25, -0.2) is 4.98 Å². The van der Waals surface area contributed by atoms with E-state index >= 15 is 0 Å². The second kappa shape index (κ2) is 7.71. The van der Waals surface area contributed by atoms with Crippen molar-refractivity contribution in [1.82, 2.24) is 14.5 Å². The summed E-state index contributed by atoms with van der Waals surface area (Å²) in [7, 11) is 1.68. The molecule has 0 bridgehead atoms. The molecule has 0 aliphatic carbocycles. The second-order valence-corrected chi connectivity index (χ2v) is 5.84. The summed E-state index contributed by atoms with van der Waals surface area (Å²) in [5.41, 5.74) is 5.92. The molecule has 0 aliphatic rings. The minimum absolute atomic E-state index is 0. The molecule has 0 saturated carbocycles. The number of hydrogen-bond donors (Lipinski definition) is 1. The second-order valence-electron chi connectivity index (χ2n) is 4.93. The van der Waals surface area contributed by atoms with E-state index in [4.69, 9.17) is 5.73 Å². The molecule has 1 aromatic carbocycles. The Morgan fingerprint density at radius 1 is 1.50 bits per heavy atom. The van der Waals surface area contributed by atoms with Crippen LogP contribution >= 0.6 is 28.3 Å². The number of carbonyl (C=O) groups excluding carboxylic acids is 1. The number of nitrogens with zero attached hydrogens (tertiary/aromatic N) is 3.